The Morgan fingerprint density at radius 1 is 1.24 bits per heavy atom. The van der Waals surface area contributed by atoms with E-state index in [1.807, 2.05) is 6.92 Å². The van der Waals surface area contributed by atoms with Gasteiger partial charge in [0.1, 0.15) is 0 Å². The molecule has 0 bridgehead atoms. The maximum absolute atomic E-state index is 12.3. The number of nitrogens with one attached hydrogen (secondary N) is 2. The van der Waals surface area contributed by atoms with E-state index in [1.165, 1.54) is 4.31 Å². The van der Waals surface area contributed by atoms with Crippen LogP contribution in [-0.4, -0.2) is 70.0 Å². The van der Waals surface area contributed by atoms with Crippen molar-refractivity contribution in [1.29, 1.82) is 0 Å². The van der Waals surface area contributed by atoms with E-state index in [-0.39, 0.29) is 6.04 Å². The molecule has 0 radical (unpaired) electrons. The molecule has 0 atom stereocenters. The Hall–Kier alpha value is -0.210. The second-order valence-electron chi connectivity index (χ2n) is 5.77. The van der Waals surface area contributed by atoms with Gasteiger partial charge >= 0.3 is 0 Å². The molecule has 21 heavy (non-hydrogen) atoms. The molecule has 1 rings (SSSR count). The van der Waals surface area contributed by atoms with E-state index in [0.29, 0.717) is 6.54 Å². The van der Waals surface area contributed by atoms with Crippen molar-refractivity contribution in [3.05, 3.63) is 0 Å². The summed E-state index contributed by atoms with van der Waals surface area (Å²) in [6.07, 6.45) is 3.81. The van der Waals surface area contributed by atoms with Gasteiger partial charge in [0.25, 0.3) is 10.2 Å². The van der Waals surface area contributed by atoms with Gasteiger partial charge in [-0.2, -0.15) is 17.4 Å². The van der Waals surface area contributed by atoms with Crippen LogP contribution in [0.1, 0.15) is 39.5 Å². The largest absolute Gasteiger partial charge is 0.317 e. The summed E-state index contributed by atoms with van der Waals surface area (Å²) < 4.78 is 28.8. The van der Waals surface area contributed by atoms with Crippen LogP contribution in [0.25, 0.3) is 0 Å². The van der Waals surface area contributed by atoms with Crippen molar-refractivity contribution < 1.29 is 8.42 Å². The third kappa shape index (κ3) is 7.06. The minimum atomic E-state index is -3.34. The zero-order chi connectivity index (χ0) is 15.7. The fraction of sp³-hybridized carbons (Fsp3) is 1.00. The van der Waals surface area contributed by atoms with Gasteiger partial charge in [-0.25, -0.2) is 0 Å². The first-order valence-electron chi connectivity index (χ1n) is 8.16. The Morgan fingerprint density at radius 3 is 2.48 bits per heavy atom. The molecule has 1 aliphatic rings. The predicted molar refractivity (Wildman–Crippen MR) is 87.6 cm³/mol. The number of hydrogen-bond acceptors (Lipinski definition) is 4. The van der Waals surface area contributed by atoms with Crippen LogP contribution >= 0.6 is 0 Å². The highest BCUT2D eigenvalue weighted by molar-refractivity contribution is 7.87. The fourth-order valence-electron chi connectivity index (χ4n) is 2.61. The van der Waals surface area contributed by atoms with E-state index in [9.17, 15) is 8.42 Å². The van der Waals surface area contributed by atoms with Crippen molar-refractivity contribution in [2.24, 2.45) is 0 Å². The molecule has 7 heteroatoms. The second-order valence-corrected chi connectivity index (χ2v) is 7.58. The topological polar surface area (TPSA) is 64.7 Å². The molecule has 1 heterocycles. The SMILES string of the molecule is CCCN1CCC(NS(=O)(=O)N(C)CCCNCC)CC1. The Kier molecular flexibility index (Phi) is 8.73. The molecule has 0 amide bonds. The molecule has 0 aromatic carbocycles. The van der Waals surface area contributed by atoms with Crippen molar-refractivity contribution in [3.63, 3.8) is 0 Å². The third-order valence-electron chi connectivity index (χ3n) is 3.93. The minimum Gasteiger partial charge on any atom is -0.317 e. The summed E-state index contributed by atoms with van der Waals surface area (Å²) in [4.78, 5) is 2.41. The van der Waals surface area contributed by atoms with Crippen molar-refractivity contribution >= 4 is 10.2 Å². The standard InChI is InChI=1S/C14H32N4O2S/c1-4-10-18-12-7-14(8-13-18)16-21(19,20)17(3)11-6-9-15-5-2/h14-16H,4-13H2,1-3H3. The first-order valence-corrected chi connectivity index (χ1v) is 9.60. The molecule has 6 nitrogen and oxygen atoms in total. The predicted octanol–water partition coefficient (Wildman–Crippen LogP) is 0.627. The normalized spacial score (nSPS) is 18.5. The average molecular weight is 321 g/mol. The molecule has 1 aliphatic heterocycles. The third-order valence-corrected chi connectivity index (χ3v) is 5.56. The Bertz CT molecular complexity index is 367. The quantitative estimate of drug-likeness (QED) is 0.580. The van der Waals surface area contributed by atoms with Gasteiger partial charge in [-0.05, 0) is 58.4 Å². The van der Waals surface area contributed by atoms with E-state index in [2.05, 4.69) is 21.9 Å². The highest BCUT2D eigenvalue weighted by atomic mass is 32.2. The van der Waals surface area contributed by atoms with Crippen molar-refractivity contribution in [2.45, 2.75) is 45.6 Å². The van der Waals surface area contributed by atoms with Crippen LogP contribution in [0, 0.1) is 0 Å². The molecule has 0 aromatic rings. The van der Waals surface area contributed by atoms with Crippen LogP contribution in [0.5, 0.6) is 0 Å². The second kappa shape index (κ2) is 9.74. The summed E-state index contributed by atoms with van der Waals surface area (Å²) in [7, 11) is -1.69. The molecule has 126 valence electrons. The molecule has 0 spiro atoms. The highest BCUT2D eigenvalue weighted by Gasteiger charge is 2.25. The Morgan fingerprint density at radius 2 is 1.90 bits per heavy atom. The Balaban J connectivity index is 2.32. The van der Waals surface area contributed by atoms with Gasteiger partial charge < -0.3 is 10.2 Å². The van der Waals surface area contributed by atoms with Crippen LogP contribution in [0.15, 0.2) is 0 Å². The molecule has 0 unspecified atom stereocenters. The van der Waals surface area contributed by atoms with Gasteiger partial charge in [0.05, 0.1) is 0 Å². The van der Waals surface area contributed by atoms with Crippen LogP contribution in [0.4, 0.5) is 0 Å². The lowest BCUT2D eigenvalue weighted by Crippen LogP contribution is -2.49. The minimum absolute atomic E-state index is 0.0827. The van der Waals surface area contributed by atoms with Gasteiger partial charge in [0.15, 0.2) is 0 Å². The summed E-state index contributed by atoms with van der Waals surface area (Å²) in [6.45, 7) is 9.65. The van der Waals surface area contributed by atoms with E-state index in [4.69, 9.17) is 0 Å². The monoisotopic (exact) mass is 320 g/mol. The van der Waals surface area contributed by atoms with Crippen molar-refractivity contribution in [3.8, 4) is 0 Å². The summed E-state index contributed by atoms with van der Waals surface area (Å²) >= 11 is 0. The van der Waals surface area contributed by atoms with Crippen molar-refractivity contribution in [1.82, 2.24) is 19.2 Å². The summed E-state index contributed by atoms with van der Waals surface area (Å²) in [5.41, 5.74) is 0. The lowest BCUT2D eigenvalue weighted by Gasteiger charge is -2.32. The maximum Gasteiger partial charge on any atom is 0.279 e. The average Bonchev–Trinajstić information content (AvgIpc) is 2.45. The molecule has 0 aliphatic carbocycles. The number of nitrogens with zero attached hydrogens (tertiary/aromatic N) is 2. The van der Waals surface area contributed by atoms with Crippen molar-refractivity contribution in [2.75, 3.05) is 46.3 Å². The van der Waals surface area contributed by atoms with Crippen LogP contribution < -0.4 is 10.0 Å². The van der Waals surface area contributed by atoms with Crippen LogP contribution in [0.2, 0.25) is 0 Å². The molecule has 2 N–H and O–H groups in total. The molecule has 1 fully saturated rings. The van der Waals surface area contributed by atoms with Gasteiger partial charge in [0, 0.05) is 19.6 Å². The van der Waals surface area contributed by atoms with Crippen LogP contribution in [0.3, 0.4) is 0 Å². The van der Waals surface area contributed by atoms with Gasteiger partial charge in [-0.3, -0.25) is 0 Å². The van der Waals surface area contributed by atoms with Gasteiger partial charge in [-0.15, -0.1) is 0 Å². The lowest BCUT2D eigenvalue weighted by atomic mass is 10.1. The van der Waals surface area contributed by atoms with E-state index < -0.39 is 10.2 Å². The molecule has 0 aromatic heterocycles. The number of piperidine rings is 1. The maximum atomic E-state index is 12.3. The summed E-state index contributed by atoms with van der Waals surface area (Å²) in [5.74, 6) is 0. The van der Waals surface area contributed by atoms with E-state index in [0.717, 1.165) is 58.4 Å². The zero-order valence-electron chi connectivity index (χ0n) is 13.8. The van der Waals surface area contributed by atoms with E-state index in [1.54, 1.807) is 7.05 Å². The smallest absolute Gasteiger partial charge is 0.279 e. The molecular weight excluding hydrogens is 288 g/mol. The fourth-order valence-corrected chi connectivity index (χ4v) is 3.82. The van der Waals surface area contributed by atoms with Gasteiger partial charge in [-0.1, -0.05) is 13.8 Å². The number of hydrogen-bond donors (Lipinski definition) is 2. The zero-order valence-corrected chi connectivity index (χ0v) is 14.6. The molecule has 0 saturated carbocycles. The van der Waals surface area contributed by atoms with Gasteiger partial charge in [0.2, 0.25) is 0 Å². The summed E-state index contributed by atoms with van der Waals surface area (Å²) in [6, 6.07) is 0.0827. The Labute approximate surface area is 130 Å². The highest BCUT2D eigenvalue weighted by Crippen LogP contribution is 2.12. The van der Waals surface area contributed by atoms with E-state index >= 15 is 0 Å². The number of rotatable bonds is 10. The van der Waals surface area contributed by atoms with Crippen LogP contribution in [-0.2, 0) is 10.2 Å². The summed E-state index contributed by atoms with van der Waals surface area (Å²) in [5, 5.41) is 3.21. The first kappa shape index (κ1) is 18.8. The first-order chi connectivity index (χ1) is 9.99. The molecule has 1 saturated heterocycles. The lowest BCUT2D eigenvalue weighted by molar-refractivity contribution is 0.206. The molecular formula is C14H32N4O2S. The number of likely N-dealkylation sites (tertiary alicyclic amines) is 1.